The molecule has 0 radical (unpaired) electrons. The predicted molar refractivity (Wildman–Crippen MR) is 109 cm³/mol. The van der Waals surface area contributed by atoms with Gasteiger partial charge >= 0.3 is 11.8 Å². The minimum atomic E-state index is -0.349. The molecule has 3 rings (SSSR count). The summed E-state index contributed by atoms with van der Waals surface area (Å²) < 4.78 is 12.0. The van der Waals surface area contributed by atoms with Crippen LogP contribution in [0.3, 0.4) is 0 Å². The van der Waals surface area contributed by atoms with E-state index in [1.54, 1.807) is 6.07 Å². The van der Waals surface area contributed by atoms with Crippen LogP contribution in [0.4, 0.5) is 5.69 Å². The van der Waals surface area contributed by atoms with E-state index >= 15 is 0 Å². The molecule has 7 heteroatoms. The van der Waals surface area contributed by atoms with Crippen LogP contribution in [0.25, 0.3) is 0 Å². The number of aryl methyl sites for hydroxylation is 2. The van der Waals surface area contributed by atoms with Crippen molar-refractivity contribution in [2.45, 2.75) is 39.0 Å². The lowest BCUT2D eigenvalue weighted by Gasteiger charge is -2.19. The molecule has 146 valence electrons. The van der Waals surface area contributed by atoms with Crippen molar-refractivity contribution in [3.63, 3.8) is 0 Å². The summed E-state index contributed by atoms with van der Waals surface area (Å²) in [5.41, 5.74) is 2.84. The summed E-state index contributed by atoms with van der Waals surface area (Å²) in [7, 11) is 0. The normalized spacial score (nSPS) is 13.9. The highest BCUT2D eigenvalue weighted by Gasteiger charge is 2.27. The molecule has 28 heavy (non-hydrogen) atoms. The fraction of sp³-hybridized carbons (Fsp3) is 0.286. The number of anilines is 1. The van der Waals surface area contributed by atoms with Crippen molar-refractivity contribution < 1.29 is 23.3 Å². The Hall–Kier alpha value is -2.80. The summed E-state index contributed by atoms with van der Waals surface area (Å²) >= 11 is 3.80. The van der Waals surface area contributed by atoms with Gasteiger partial charge in [0.25, 0.3) is 0 Å². The second kappa shape index (κ2) is 9.41. The first kappa shape index (κ1) is 19.9. The lowest BCUT2D eigenvalue weighted by Crippen LogP contribution is -2.29. The molecule has 0 aromatic heterocycles. The molecule has 0 saturated carbocycles. The van der Waals surface area contributed by atoms with Crippen LogP contribution in [-0.2, 0) is 26.7 Å². The van der Waals surface area contributed by atoms with Gasteiger partial charge in [0.15, 0.2) is 5.75 Å². The first-order chi connectivity index (χ1) is 13.6. The Morgan fingerprint density at radius 2 is 1.93 bits per heavy atom. The average Bonchev–Trinajstić information content (AvgIpc) is 2.69. The number of ether oxygens (including phenoxy) is 1. The summed E-state index contributed by atoms with van der Waals surface area (Å²) in [5.74, 6) is 0.408. The Bertz CT molecular complexity index is 897. The Balaban J connectivity index is 1.82. The summed E-state index contributed by atoms with van der Waals surface area (Å²) in [4.78, 5) is 23.8. The third-order valence-electron chi connectivity index (χ3n) is 4.52. The zero-order chi connectivity index (χ0) is 19.9. The second-order valence-corrected chi connectivity index (χ2v) is 6.73. The van der Waals surface area contributed by atoms with E-state index in [2.05, 4.69) is 30.4 Å². The third-order valence-corrected chi connectivity index (χ3v) is 4.68. The van der Waals surface area contributed by atoms with E-state index in [0.29, 0.717) is 36.6 Å². The summed E-state index contributed by atoms with van der Waals surface area (Å²) in [5, 5.41) is 2.86. The van der Waals surface area contributed by atoms with Crippen LogP contribution in [-0.4, -0.2) is 22.5 Å². The number of nitrogens with one attached hydrogen (secondary N) is 1. The highest BCUT2D eigenvalue weighted by atomic mass is 32.1. The summed E-state index contributed by atoms with van der Waals surface area (Å²) in [6.45, 7) is 1.37. The molecule has 0 unspecified atom stereocenters. The fourth-order valence-electron chi connectivity index (χ4n) is 3.15. The van der Waals surface area contributed by atoms with Crippen LogP contribution in [0.1, 0.15) is 37.3 Å². The SMILES string of the molecule is CC(=O)[N+](OS)=C(CCCc1ccccc1)Oc1cccc2c1NC(=O)CC2. The van der Waals surface area contributed by atoms with Gasteiger partial charge in [0, 0.05) is 6.42 Å². The zero-order valence-electron chi connectivity index (χ0n) is 15.7. The van der Waals surface area contributed by atoms with Gasteiger partial charge in [0.05, 0.1) is 19.0 Å². The van der Waals surface area contributed by atoms with Crippen LogP contribution in [0, 0.1) is 0 Å². The molecular formula is C21H23N2O4S+. The molecular weight excluding hydrogens is 376 g/mol. The molecule has 1 heterocycles. The van der Waals surface area contributed by atoms with E-state index in [1.807, 2.05) is 30.3 Å². The van der Waals surface area contributed by atoms with Gasteiger partial charge in [0.1, 0.15) is 17.6 Å². The van der Waals surface area contributed by atoms with Crippen molar-refractivity contribution >= 4 is 36.3 Å². The number of nitrogens with zero attached hydrogens (tertiary/aromatic N) is 1. The minimum Gasteiger partial charge on any atom is -0.403 e. The van der Waals surface area contributed by atoms with E-state index in [9.17, 15) is 9.59 Å². The number of rotatable bonds is 6. The van der Waals surface area contributed by atoms with E-state index in [0.717, 1.165) is 23.1 Å². The molecule has 0 fully saturated rings. The van der Waals surface area contributed by atoms with Crippen LogP contribution < -0.4 is 10.1 Å². The van der Waals surface area contributed by atoms with Crippen molar-refractivity contribution in [1.82, 2.24) is 0 Å². The summed E-state index contributed by atoms with van der Waals surface area (Å²) in [6, 6.07) is 15.7. The monoisotopic (exact) mass is 399 g/mol. The first-order valence-corrected chi connectivity index (χ1v) is 9.56. The number of hydroxylamine groups is 1. The van der Waals surface area contributed by atoms with Gasteiger partial charge in [-0.2, -0.15) is 4.28 Å². The molecule has 2 aromatic rings. The standard InChI is InChI=1S/C21H22N2O4S/c1-15(24)23(27-28)20(12-5-9-16-7-3-2-4-8-16)26-18-11-6-10-17-13-14-19(25)22-21(17)18/h2-4,6-8,10-11H,5,9,12-14H2,1H3,(H-,22,25,28)/p+1. The highest BCUT2D eigenvalue weighted by Crippen LogP contribution is 2.33. The van der Waals surface area contributed by atoms with Crippen molar-refractivity contribution in [2.75, 3.05) is 5.32 Å². The number of carbonyl (C=O) groups is 2. The molecule has 1 aliphatic rings. The minimum absolute atomic E-state index is 0.0527. The number of hydrogen-bond acceptors (Lipinski definition) is 5. The molecule has 1 aliphatic heterocycles. The molecule has 2 aromatic carbocycles. The second-order valence-electron chi connectivity index (χ2n) is 6.57. The molecule has 6 nitrogen and oxygen atoms in total. The van der Waals surface area contributed by atoms with Crippen LogP contribution in [0.5, 0.6) is 5.75 Å². The molecule has 0 bridgehead atoms. The number of amides is 2. The number of fused-ring (bicyclic) bond motifs is 1. The number of benzene rings is 2. The lowest BCUT2D eigenvalue weighted by atomic mass is 10.0. The van der Waals surface area contributed by atoms with E-state index in [1.165, 1.54) is 12.5 Å². The van der Waals surface area contributed by atoms with Gasteiger partial charge in [-0.15, -0.1) is 0 Å². The van der Waals surface area contributed by atoms with Gasteiger partial charge in [0.2, 0.25) is 5.91 Å². The van der Waals surface area contributed by atoms with E-state index < -0.39 is 0 Å². The molecule has 0 saturated heterocycles. The maximum atomic E-state index is 12.0. The number of para-hydroxylation sites is 1. The third kappa shape index (κ3) is 4.92. The van der Waals surface area contributed by atoms with Crippen LogP contribution in [0.2, 0.25) is 0 Å². The number of thiol groups is 1. The fourth-order valence-corrected chi connectivity index (χ4v) is 3.36. The predicted octanol–water partition coefficient (Wildman–Crippen LogP) is 3.71. The molecule has 0 aliphatic carbocycles. The van der Waals surface area contributed by atoms with Crippen molar-refractivity contribution in [2.24, 2.45) is 0 Å². The number of hydrogen-bond donors (Lipinski definition) is 2. The van der Waals surface area contributed by atoms with Crippen LogP contribution >= 0.6 is 12.9 Å². The Labute approximate surface area is 169 Å². The largest absolute Gasteiger partial charge is 0.436 e. The smallest absolute Gasteiger partial charge is 0.403 e. The van der Waals surface area contributed by atoms with E-state index in [-0.39, 0.29) is 11.8 Å². The van der Waals surface area contributed by atoms with Gasteiger partial charge < -0.3 is 10.1 Å². The van der Waals surface area contributed by atoms with Gasteiger partial charge in [-0.3, -0.25) is 4.79 Å². The number of carbonyl (C=O) groups excluding carboxylic acids is 2. The first-order valence-electron chi connectivity index (χ1n) is 9.20. The van der Waals surface area contributed by atoms with Crippen molar-refractivity contribution in [1.29, 1.82) is 0 Å². The molecule has 1 N–H and O–H groups in total. The van der Waals surface area contributed by atoms with Gasteiger partial charge in [-0.05, 0) is 36.5 Å². The summed E-state index contributed by atoms with van der Waals surface area (Å²) in [6.07, 6.45) is 3.15. The maximum Gasteiger partial charge on any atom is 0.436 e. The average molecular weight is 399 g/mol. The Kier molecular flexibility index (Phi) is 6.71. The molecule has 2 amide bonds. The van der Waals surface area contributed by atoms with Crippen LogP contribution in [0.15, 0.2) is 48.5 Å². The van der Waals surface area contributed by atoms with Gasteiger partial charge in [-0.1, -0.05) is 42.5 Å². The maximum absolute atomic E-state index is 12.0. The topological polar surface area (TPSA) is 67.6 Å². The lowest BCUT2D eigenvalue weighted by molar-refractivity contribution is -0.672. The quantitative estimate of drug-likeness (QED) is 0.194. The Morgan fingerprint density at radius 1 is 1.14 bits per heavy atom. The Morgan fingerprint density at radius 3 is 2.64 bits per heavy atom. The van der Waals surface area contributed by atoms with Gasteiger partial charge in [-0.25, -0.2) is 4.79 Å². The highest BCUT2D eigenvalue weighted by molar-refractivity contribution is 7.74. The van der Waals surface area contributed by atoms with Crippen molar-refractivity contribution in [3.05, 3.63) is 59.7 Å². The van der Waals surface area contributed by atoms with Crippen molar-refractivity contribution in [3.8, 4) is 5.75 Å². The molecule has 0 atom stereocenters. The zero-order valence-corrected chi connectivity index (χ0v) is 16.6. The molecule has 0 spiro atoms. The van der Waals surface area contributed by atoms with E-state index in [4.69, 9.17) is 9.02 Å².